The summed E-state index contributed by atoms with van der Waals surface area (Å²) in [7, 11) is 0.300. The quantitative estimate of drug-likeness (QED) is 0.740. The van der Waals surface area contributed by atoms with Crippen LogP contribution >= 0.6 is 22.9 Å². The van der Waals surface area contributed by atoms with Gasteiger partial charge in [-0.2, -0.15) is 0 Å². The Morgan fingerprint density at radius 3 is 2.07 bits per heavy atom. The maximum atomic E-state index is 5.89. The maximum absolute atomic E-state index is 5.89. The minimum Gasteiger partial charge on any atom is -0.336 e. The average molecular weight is 246 g/mol. The van der Waals surface area contributed by atoms with E-state index < -0.39 is 13.9 Å². The molecular formula is C9H14BCl2NSi. The van der Waals surface area contributed by atoms with Gasteiger partial charge in [0, 0.05) is 0 Å². The van der Waals surface area contributed by atoms with Crippen molar-refractivity contribution in [3.63, 3.8) is 0 Å². The van der Waals surface area contributed by atoms with E-state index in [1.807, 2.05) is 13.1 Å². The zero-order valence-corrected chi connectivity index (χ0v) is 11.2. The van der Waals surface area contributed by atoms with E-state index in [4.69, 9.17) is 22.9 Å². The standard InChI is InChI=1S/C9H14BCl2NSi/c1-13(10(11)12)14(2,3)9-7-5-4-6-8-9/h4-8H,1-3H3. The molecule has 0 spiro atoms. The lowest BCUT2D eigenvalue weighted by Crippen LogP contribution is -2.58. The molecule has 0 saturated carbocycles. The highest BCUT2D eigenvalue weighted by molar-refractivity contribution is 7.34. The van der Waals surface area contributed by atoms with E-state index in [0.717, 1.165) is 0 Å². The van der Waals surface area contributed by atoms with Gasteiger partial charge in [-0.25, -0.2) is 0 Å². The molecule has 0 aromatic heterocycles. The SMILES string of the molecule is CN(B(Cl)Cl)[Si](C)(C)c1ccccc1. The lowest BCUT2D eigenvalue weighted by molar-refractivity contribution is 0.817. The zero-order valence-electron chi connectivity index (χ0n) is 8.67. The summed E-state index contributed by atoms with van der Waals surface area (Å²) in [4.78, 5) is 0. The Bertz CT molecular complexity index is 292. The lowest BCUT2D eigenvalue weighted by atomic mass is 10.4. The Labute approximate surface area is 97.0 Å². The Kier molecular flexibility index (Phi) is 4.07. The molecule has 1 aromatic rings. The number of halogens is 2. The lowest BCUT2D eigenvalue weighted by Gasteiger charge is -2.34. The van der Waals surface area contributed by atoms with Gasteiger partial charge in [0.15, 0.2) is 0 Å². The van der Waals surface area contributed by atoms with Gasteiger partial charge in [-0.15, -0.1) is 22.9 Å². The fraction of sp³-hybridized carbons (Fsp3) is 0.333. The van der Waals surface area contributed by atoms with Crippen LogP contribution in [0.3, 0.4) is 0 Å². The van der Waals surface area contributed by atoms with Gasteiger partial charge in [-0.05, 0) is 12.2 Å². The van der Waals surface area contributed by atoms with Crippen LogP contribution in [0.25, 0.3) is 0 Å². The van der Waals surface area contributed by atoms with E-state index in [0.29, 0.717) is 0 Å². The first-order valence-corrected chi connectivity index (χ1v) is 8.35. The molecule has 0 bridgehead atoms. The molecule has 0 radical (unpaired) electrons. The molecule has 0 aliphatic heterocycles. The van der Waals surface area contributed by atoms with Crippen LogP contribution in [0.15, 0.2) is 30.3 Å². The summed E-state index contributed by atoms with van der Waals surface area (Å²) in [5, 5.41) is 1.34. The van der Waals surface area contributed by atoms with Crippen molar-refractivity contribution in [3.8, 4) is 0 Å². The Morgan fingerprint density at radius 1 is 1.14 bits per heavy atom. The third-order valence-corrected chi connectivity index (χ3v) is 7.34. The number of hydrogen-bond acceptors (Lipinski definition) is 1. The molecule has 1 nitrogen and oxygen atoms in total. The van der Waals surface area contributed by atoms with Crippen LogP contribution in [-0.2, 0) is 0 Å². The normalized spacial score (nSPS) is 11.9. The number of hydrogen-bond donors (Lipinski definition) is 0. The Balaban J connectivity index is 2.96. The summed E-state index contributed by atoms with van der Waals surface area (Å²) in [6.07, 6.45) is 0. The molecule has 0 N–H and O–H groups in total. The minimum atomic E-state index is -1.68. The van der Waals surface area contributed by atoms with Crippen LogP contribution in [0.4, 0.5) is 0 Å². The topological polar surface area (TPSA) is 3.24 Å². The highest BCUT2D eigenvalue weighted by Gasteiger charge is 2.33. The molecule has 0 aliphatic rings. The molecule has 14 heavy (non-hydrogen) atoms. The minimum absolute atomic E-state index is 0.433. The van der Waals surface area contributed by atoms with Gasteiger partial charge in [0.05, 0.1) is 0 Å². The summed E-state index contributed by atoms with van der Waals surface area (Å²) >= 11 is 11.8. The monoisotopic (exact) mass is 245 g/mol. The second-order valence-electron chi connectivity index (χ2n) is 3.81. The molecule has 5 heteroatoms. The van der Waals surface area contributed by atoms with E-state index in [1.54, 1.807) is 0 Å². The first-order valence-electron chi connectivity index (χ1n) is 4.53. The Hall–Kier alpha value is 0.0418. The van der Waals surface area contributed by atoms with Crippen LogP contribution in [-0.4, -0.2) is 25.4 Å². The fourth-order valence-electron chi connectivity index (χ4n) is 1.29. The summed E-state index contributed by atoms with van der Waals surface area (Å²) in [6.45, 7) is 4.47. The van der Waals surface area contributed by atoms with Crippen molar-refractivity contribution in [1.82, 2.24) is 4.48 Å². The second kappa shape index (κ2) is 4.71. The van der Waals surface area contributed by atoms with Crippen molar-refractivity contribution >= 4 is 42.0 Å². The fourth-order valence-corrected chi connectivity index (χ4v) is 4.66. The molecule has 1 rings (SSSR count). The molecule has 0 fully saturated rings. The van der Waals surface area contributed by atoms with Crippen molar-refractivity contribution < 1.29 is 0 Å². The number of benzene rings is 1. The zero-order chi connectivity index (χ0) is 10.8. The molecule has 0 atom stereocenters. The van der Waals surface area contributed by atoms with Crippen molar-refractivity contribution in [2.45, 2.75) is 13.1 Å². The van der Waals surface area contributed by atoms with Crippen molar-refractivity contribution in [3.05, 3.63) is 30.3 Å². The van der Waals surface area contributed by atoms with E-state index in [-0.39, 0.29) is 0 Å². The largest absolute Gasteiger partial charge is 0.427 e. The van der Waals surface area contributed by atoms with E-state index in [9.17, 15) is 0 Å². The van der Waals surface area contributed by atoms with Crippen molar-refractivity contribution in [1.29, 1.82) is 0 Å². The van der Waals surface area contributed by atoms with Crippen LogP contribution in [0.1, 0.15) is 0 Å². The molecule has 0 heterocycles. The van der Waals surface area contributed by atoms with Gasteiger partial charge < -0.3 is 4.48 Å². The van der Waals surface area contributed by atoms with E-state index in [1.165, 1.54) is 5.19 Å². The third kappa shape index (κ3) is 2.54. The molecule has 0 unspecified atom stereocenters. The van der Waals surface area contributed by atoms with E-state index >= 15 is 0 Å². The van der Waals surface area contributed by atoms with E-state index in [2.05, 4.69) is 41.8 Å². The first-order chi connectivity index (χ1) is 6.46. The van der Waals surface area contributed by atoms with Gasteiger partial charge in [0.2, 0.25) is 0 Å². The summed E-state index contributed by atoms with van der Waals surface area (Å²) in [5.74, 6) is 0. The molecule has 76 valence electrons. The predicted molar refractivity (Wildman–Crippen MR) is 68.8 cm³/mol. The molecular weight excluding hydrogens is 232 g/mol. The molecule has 0 amide bonds. The highest BCUT2D eigenvalue weighted by atomic mass is 35.5. The molecule has 0 aliphatic carbocycles. The highest BCUT2D eigenvalue weighted by Crippen LogP contribution is 2.14. The van der Waals surface area contributed by atoms with Crippen molar-refractivity contribution in [2.75, 3.05) is 7.05 Å². The second-order valence-corrected chi connectivity index (χ2v) is 9.26. The maximum Gasteiger partial charge on any atom is 0.427 e. The smallest absolute Gasteiger partial charge is 0.336 e. The third-order valence-electron chi connectivity index (χ3n) is 2.65. The van der Waals surface area contributed by atoms with Crippen LogP contribution < -0.4 is 5.19 Å². The van der Waals surface area contributed by atoms with Crippen LogP contribution in [0.2, 0.25) is 13.1 Å². The van der Waals surface area contributed by atoms with Crippen LogP contribution in [0.5, 0.6) is 0 Å². The number of rotatable bonds is 3. The number of nitrogens with zero attached hydrogens (tertiary/aromatic N) is 1. The molecule has 1 aromatic carbocycles. The van der Waals surface area contributed by atoms with Gasteiger partial charge in [-0.3, -0.25) is 0 Å². The summed E-state index contributed by atoms with van der Waals surface area (Å²) in [6, 6.07) is 10.4. The first kappa shape index (κ1) is 12.1. The van der Waals surface area contributed by atoms with Gasteiger partial charge in [0.1, 0.15) is 8.24 Å². The van der Waals surface area contributed by atoms with Crippen molar-refractivity contribution in [2.24, 2.45) is 0 Å². The summed E-state index contributed by atoms with van der Waals surface area (Å²) < 4.78 is 2.06. The predicted octanol–water partition coefficient (Wildman–Crippen LogP) is 2.49. The van der Waals surface area contributed by atoms with Gasteiger partial charge >= 0.3 is 5.68 Å². The Morgan fingerprint density at radius 2 is 1.64 bits per heavy atom. The summed E-state index contributed by atoms with van der Waals surface area (Å²) in [5.41, 5.74) is -0.433. The van der Waals surface area contributed by atoms with Crippen LogP contribution in [0, 0.1) is 0 Å². The molecule has 0 saturated heterocycles. The van der Waals surface area contributed by atoms with Gasteiger partial charge in [0.25, 0.3) is 0 Å². The van der Waals surface area contributed by atoms with Gasteiger partial charge in [-0.1, -0.05) is 43.4 Å². The average Bonchev–Trinajstić information content (AvgIpc) is 2.18.